The van der Waals surface area contributed by atoms with E-state index in [-0.39, 0.29) is 30.7 Å². The predicted molar refractivity (Wildman–Crippen MR) is 135 cm³/mol. The Morgan fingerprint density at radius 1 is 0.868 bits per heavy atom. The zero-order valence-corrected chi connectivity index (χ0v) is 23.2. The number of carbonyl (C=O) groups excluding carboxylic acids is 4. The van der Waals surface area contributed by atoms with E-state index in [1.165, 1.54) is 6.92 Å². The first kappa shape index (κ1) is 35.8. The minimum absolute atomic E-state index is 0.0983. The molecule has 38 heavy (non-hydrogen) atoms. The third-order valence-corrected chi connectivity index (χ3v) is 6.80. The molecule has 222 valence electrons. The van der Waals surface area contributed by atoms with Gasteiger partial charge in [0.25, 0.3) is 0 Å². The van der Waals surface area contributed by atoms with Crippen molar-refractivity contribution >= 4 is 23.8 Å². The summed E-state index contributed by atoms with van der Waals surface area (Å²) in [6, 6.07) is 0. The average Bonchev–Trinajstić information content (AvgIpc) is 2.82. The molecule has 0 spiro atoms. The number of unbranched alkanes of at least 4 members (excludes halogenated alkanes) is 3. The van der Waals surface area contributed by atoms with Crippen LogP contribution in [0.2, 0.25) is 0 Å². The second-order valence-corrected chi connectivity index (χ2v) is 10.5. The van der Waals surface area contributed by atoms with Crippen LogP contribution in [-0.2, 0) is 23.9 Å². The summed E-state index contributed by atoms with van der Waals surface area (Å²) in [5, 5.41) is 55.0. The lowest BCUT2D eigenvalue weighted by molar-refractivity contribution is -0.320. The van der Waals surface area contributed by atoms with Gasteiger partial charge in [-0.1, -0.05) is 59.3 Å². The van der Waals surface area contributed by atoms with Gasteiger partial charge >= 0.3 is 5.97 Å². The predicted octanol–water partition coefficient (Wildman–Crippen LogP) is -0.184. The van der Waals surface area contributed by atoms with Crippen molar-refractivity contribution in [3.05, 3.63) is 0 Å². The van der Waals surface area contributed by atoms with Gasteiger partial charge in [-0.2, -0.15) is 0 Å². The quantitative estimate of drug-likeness (QED) is 0.105. The van der Waals surface area contributed by atoms with Gasteiger partial charge in [-0.25, -0.2) is 0 Å². The summed E-state index contributed by atoms with van der Waals surface area (Å²) >= 11 is 0. The van der Waals surface area contributed by atoms with Gasteiger partial charge in [0.05, 0.1) is 24.7 Å². The molecular formula is C27H47NO10-2. The number of hydrogen-bond donors (Lipinski definition) is 4. The highest BCUT2D eigenvalue weighted by Gasteiger charge is 2.30. The zero-order valence-electron chi connectivity index (χ0n) is 23.2. The van der Waals surface area contributed by atoms with Crippen molar-refractivity contribution in [2.24, 2.45) is 17.8 Å². The lowest BCUT2D eigenvalue weighted by Crippen LogP contribution is -2.40. The lowest BCUT2D eigenvalue weighted by atomic mass is 9.89. The fraction of sp³-hybridized carbons (Fsp3) is 0.852. The molecule has 0 saturated heterocycles. The third kappa shape index (κ3) is 17.3. The molecule has 0 rings (SSSR count). The standard InChI is InChI=1S/C27H49NO10/c1-5-18(3)26(35)23(38-25(34)14-20(27(36)37)13-24(32)33)12-17(2)10-8-6-7-9-11-21(30)15-22(31)16-28-19(4)29/h17-18,20-23,26,30-31,35H,5-16H2,1-4H3,(H,28,29)(H,32,33)(H,36,37)/p-2/t17-,18+,20+,21+,22-,23-,26+/m0/s1. The minimum Gasteiger partial charge on any atom is -0.550 e. The topological polar surface area (TPSA) is 196 Å². The fourth-order valence-electron chi connectivity index (χ4n) is 4.24. The first-order valence-corrected chi connectivity index (χ1v) is 13.6. The highest BCUT2D eigenvalue weighted by Crippen LogP contribution is 2.24. The van der Waals surface area contributed by atoms with E-state index < -0.39 is 61.1 Å². The summed E-state index contributed by atoms with van der Waals surface area (Å²) in [4.78, 5) is 45.2. The molecule has 11 nitrogen and oxygen atoms in total. The number of esters is 1. The van der Waals surface area contributed by atoms with Crippen LogP contribution in [0.4, 0.5) is 0 Å². The Morgan fingerprint density at radius 3 is 2.00 bits per heavy atom. The molecule has 7 atom stereocenters. The zero-order chi connectivity index (χ0) is 29.3. The molecule has 0 aromatic heterocycles. The number of nitrogens with one attached hydrogen (secondary N) is 1. The Morgan fingerprint density at radius 2 is 1.47 bits per heavy atom. The van der Waals surface area contributed by atoms with Gasteiger partial charge < -0.3 is 45.2 Å². The van der Waals surface area contributed by atoms with Gasteiger partial charge in [0.1, 0.15) is 6.10 Å². The number of ether oxygens (including phenoxy) is 1. The van der Waals surface area contributed by atoms with E-state index in [9.17, 15) is 44.7 Å². The second kappa shape index (κ2) is 19.8. The van der Waals surface area contributed by atoms with Gasteiger partial charge in [-0.05, 0) is 31.1 Å². The van der Waals surface area contributed by atoms with Crippen LogP contribution in [0.25, 0.3) is 0 Å². The van der Waals surface area contributed by atoms with Gasteiger partial charge in [-0.15, -0.1) is 0 Å². The van der Waals surface area contributed by atoms with Crippen LogP contribution in [0.3, 0.4) is 0 Å². The van der Waals surface area contributed by atoms with E-state index in [4.69, 9.17) is 4.74 Å². The number of aliphatic hydroxyl groups is 3. The minimum atomic E-state index is -1.67. The Balaban J connectivity index is 4.58. The van der Waals surface area contributed by atoms with Gasteiger partial charge in [0.2, 0.25) is 5.91 Å². The van der Waals surface area contributed by atoms with E-state index in [1.807, 2.05) is 20.8 Å². The Hall–Kier alpha value is -2.24. The molecule has 0 bridgehead atoms. The van der Waals surface area contributed by atoms with Crippen LogP contribution < -0.4 is 15.5 Å². The second-order valence-electron chi connectivity index (χ2n) is 10.5. The molecule has 0 aliphatic rings. The highest BCUT2D eigenvalue weighted by molar-refractivity contribution is 5.81. The molecule has 0 aromatic carbocycles. The van der Waals surface area contributed by atoms with Gasteiger partial charge in [0.15, 0.2) is 0 Å². The normalized spacial score (nSPS) is 16.9. The molecular weight excluding hydrogens is 498 g/mol. The summed E-state index contributed by atoms with van der Waals surface area (Å²) in [7, 11) is 0. The maximum Gasteiger partial charge on any atom is 0.306 e. The van der Waals surface area contributed by atoms with Crippen LogP contribution in [0.5, 0.6) is 0 Å². The molecule has 0 radical (unpaired) electrons. The monoisotopic (exact) mass is 545 g/mol. The number of rotatable bonds is 22. The smallest absolute Gasteiger partial charge is 0.306 e. The molecule has 0 fully saturated rings. The van der Waals surface area contributed by atoms with Crippen LogP contribution in [0, 0.1) is 17.8 Å². The van der Waals surface area contributed by atoms with Crippen LogP contribution in [0.15, 0.2) is 0 Å². The van der Waals surface area contributed by atoms with Crippen molar-refractivity contribution in [3.63, 3.8) is 0 Å². The van der Waals surface area contributed by atoms with Crippen molar-refractivity contribution in [1.29, 1.82) is 0 Å². The molecule has 4 N–H and O–H groups in total. The summed E-state index contributed by atoms with van der Waals surface area (Å²) < 4.78 is 5.44. The number of carboxylic acids is 2. The molecule has 0 unspecified atom stereocenters. The number of aliphatic hydroxyl groups excluding tert-OH is 3. The first-order valence-electron chi connectivity index (χ1n) is 13.6. The largest absolute Gasteiger partial charge is 0.550 e. The lowest BCUT2D eigenvalue weighted by Gasteiger charge is -2.30. The molecule has 11 heteroatoms. The summed E-state index contributed by atoms with van der Waals surface area (Å²) in [5.41, 5.74) is 0. The number of hydrogen-bond acceptors (Lipinski definition) is 10. The molecule has 0 saturated carbocycles. The van der Waals surface area contributed by atoms with Crippen molar-refractivity contribution in [1.82, 2.24) is 5.32 Å². The van der Waals surface area contributed by atoms with E-state index in [0.29, 0.717) is 19.3 Å². The van der Waals surface area contributed by atoms with Crippen LogP contribution in [0.1, 0.15) is 98.3 Å². The van der Waals surface area contributed by atoms with Gasteiger partial charge in [-0.3, -0.25) is 9.59 Å². The molecule has 0 aliphatic heterocycles. The third-order valence-electron chi connectivity index (χ3n) is 6.80. The highest BCUT2D eigenvalue weighted by atomic mass is 16.6. The number of amides is 1. The van der Waals surface area contributed by atoms with E-state index in [1.54, 1.807) is 0 Å². The van der Waals surface area contributed by atoms with Crippen molar-refractivity contribution in [2.45, 2.75) is 123 Å². The van der Waals surface area contributed by atoms with E-state index >= 15 is 0 Å². The van der Waals surface area contributed by atoms with Crippen molar-refractivity contribution in [3.8, 4) is 0 Å². The summed E-state index contributed by atoms with van der Waals surface area (Å²) in [6.07, 6.45) is 1.31. The van der Waals surface area contributed by atoms with Crippen molar-refractivity contribution in [2.75, 3.05) is 6.54 Å². The molecule has 0 aromatic rings. The first-order chi connectivity index (χ1) is 17.8. The maximum absolute atomic E-state index is 12.4. The Bertz CT molecular complexity index is 716. The summed E-state index contributed by atoms with van der Waals surface area (Å²) in [5.74, 6) is -6.04. The van der Waals surface area contributed by atoms with Gasteiger partial charge in [0, 0.05) is 37.7 Å². The molecule has 0 heterocycles. The van der Waals surface area contributed by atoms with E-state index in [0.717, 1.165) is 32.1 Å². The average molecular weight is 546 g/mol. The van der Waals surface area contributed by atoms with E-state index in [2.05, 4.69) is 5.32 Å². The maximum atomic E-state index is 12.4. The Labute approximate surface area is 226 Å². The SMILES string of the molecule is CC[C@@H](C)[C@@H](O)[C@H](C[C@@H](C)CCCCCC[C@@H](O)C[C@H](O)CNC(C)=O)OC(=O)C[C@@H](CC(=O)[O-])C(=O)[O-]. The van der Waals surface area contributed by atoms with Crippen molar-refractivity contribution < 1.29 is 49.4 Å². The number of carbonyl (C=O) groups is 4. The molecule has 1 amide bonds. The Kier molecular flexibility index (Phi) is 18.6. The number of carboxylic acid groups (broad SMARTS) is 2. The number of aliphatic carboxylic acids is 2. The summed E-state index contributed by atoms with van der Waals surface area (Å²) in [6.45, 7) is 7.17. The molecule has 0 aliphatic carbocycles. The van der Waals surface area contributed by atoms with Crippen LogP contribution in [-0.4, -0.2) is 70.1 Å². The van der Waals surface area contributed by atoms with Crippen LogP contribution >= 0.6 is 0 Å². The fourth-order valence-corrected chi connectivity index (χ4v) is 4.24.